The van der Waals surface area contributed by atoms with Crippen molar-refractivity contribution in [1.82, 2.24) is 15.0 Å². The fraction of sp³-hybridized carbons (Fsp3) is 0.533. The summed E-state index contributed by atoms with van der Waals surface area (Å²) in [6.45, 7) is 4.85. The SMILES string of the molecule is Cc1cnc(C2(c3cc(Cl)nc(N4CCOCC4)n3)CC2)o1. The third-order valence-electron chi connectivity index (χ3n) is 4.25. The quantitative estimate of drug-likeness (QED) is 0.809. The van der Waals surface area contributed by atoms with E-state index in [2.05, 4.69) is 14.9 Å². The number of aromatic nitrogens is 3. The van der Waals surface area contributed by atoms with Gasteiger partial charge < -0.3 is 14.1 Å². The standard InChI is InChI=1S/C15H17ClN4O2/c1-10-9-17-13(22-10)15(2-3-15)11-8-12(16)19-14(18-11)20-4-6-21-7-5-20/h8-9H,2-7H2,1H3. The van der Waals surface area contributed by atoms with Gasteiger partial charge in [-0.05, 0) is 25.8 Å². The summed E-state index contributed by atoms with van der Waals surface area (Å²) in [6.07, 6.45) is 3.70. The summed E-state index contributed by atoms with van der Waals surface area (Å²) in [7, 11) is 0. The van der Waals surface area contributed by atoms with E-state index in [1.165, 1.54) is 0 Å². The van der Waals surface area contributed by atoms with Crippen LogP contribution >= 0.6 is 11.6 Å². The van der Waals surface area contributed by atoms with E-state index < -0.39 is 0 Å². The highest BCUT2D eigenvalue weighted by molar-refractivity contribution is 6.29. The van der Waals surface area contributed by atoms with E-state index in [1.807, 2.05) is 13.0 Å². The Kier molecular flexibility index (Phi) is 3.31. The van der Waals surface area contributed by atoms with Crippen LogP contribution in [0.5, 0.6) is 0 Å². The van der Waals surface area contributed by atoms with Gasteiger partial charge in [-0.25, -0.2) is 15.0 Å². The van der Waals surface area contributed by atoms with Crippen LogP contribution < -0.4 is 4.90 Å². The normalized spacial score (nSPS) is 20.2. The average molecular weight is 321 g/mol. The lowest BCUT2D eigenvalue weighted by Gasteiger charge is -2.27. The molecule has 7 heteroatoms. The summed E-state index contributed by atoms with van der Waals surface area (Å²) in [5, 5.41) is 0.459. The van der Waals surface area contributed by atoms with Crippen LogP contribution in [0.2, 0.25) is 5.15 Å². The largest absolute Gasteiger partial charge is 0.445 e. The molecule has 0 N–H and O–H groups in total. The number of aryl methyl sites for hydroxylation is 1. The Balaban J connectivity index is 1.71. The van der Waals surface area contributed by atoms with E-state index in [0.29, 0.717) is 24.3 Å². The molecule has 0 unspecified atom stereocenters. The highest BCUT2D eigenvalue weighted by Gasteiger charge is 2.52. The molecule has 3 heterocycles. The van der Waals surface area contributed by atoms with Crippen LogP contribution in [-0.4, -0.2) is 41.3 Å². The van der Waals surface area contributed by atoms with Gasteiger partial charge in [-0.1, -0.05) is 11.6 Å². The van der Waals surface area contributed by atoms with Gasteiger partial charge in [0.25, 0.3) is 0 Å². The van der Waals surface area contributed by atoms with Crippen molar-refractivity contribution in [3.05, 3.63) is 34.8 Å². The smallest absolute Gasteiger partial charge is 0.227 e. The van der Waals surface area contributed by atoms with Crippen molar-refractivity contribution >= 4 is 17.5 Å². The molecule has 1 aliphatic heterocycles. The van der Waals surface area contributed by atoms with Crippen molar-refractivity contribution in [2.24, 2.45) is 0 Å². The minimum atomic E-state index is -0.234. The summed E-state index contributed by atoms with van der Waals surface area (Å²) in [5.41, 5.74) is 0.665. The van der Waals surface area contributed by atoms with Gasteiger partial charge in [0.05, 0.1) is 30.5 Å². The Morgan fingerprint density at radius 3 is 2.64 bits per heavy atom. The van der Waals surface area contributed by atoms with Crippen LogP contribution in [0.1, 0.15) is 30.2 Å². The van der Waals surface area contributed by atoms with E-state index in [0.717, 1.165) is 43.3 Å². The molecule has 116 valence electrons. The predicted octanol–water partition coefficient (Wildman–Crippen LogP) is 2.34. The molecule has 0 atom stereocenters. The van der Waals surface area contributed by atoms with E-state index in [-0.39, 0.29) is 5.41 Å². The number of morpholine rings is 1. The number of hydrogen-bond acceptors (Lipinski definition) is 6. The predicted molar refractivity (Wildman–Crippen MR) is 81.3 cm³/mol. The van der Waals surface area contributed by atoms with Crippen LogP contribution in [0.4, 0.5) is 5.95 Å². The molecule has 1 aliphatic carbocycles. The average Bonchev–Trinajstić information content (AvgIpc) is 3.24. The minimum absolute atomic E-state index is 0.234. The second-order valence-electron chi connectivity index (χ2n) is 5.83. The topological polar surface area (TPSA) is 64.3 Å². The van der Waals surface area contributed by atoms with E-state index in [1.54, 1.807) is 6.20 Å². The third kappa shape index (κ3) is 2.36. The lowest BCUT2D eigenvalue weighted by Crippen LogP contribution is -2.37. The molecule has 0 radical (unpaired) electrons. The highest BCUT2D eigenvalue weighted by atomic mass is 35.5. The first-order valence-electron chi connectivity index (χ1n) is 7.48. The molecule has 1 saturated carbocycles. The van der Waals surface area contributed by atoms with E-state index >= 15 is 0 Å². The Bertz CT molecular complexity index is 693. The molecule has 4 rings (SSSR count). The van der Waals surface area contributed by atoms with Gasteiger partial charge in [-0.3, -0.25) is 0 Å². The molecular weight excluding hydrogens is 304 g/mol. The van der Waals surface area contributed by atoms with Crippen LogP contribution in [0.15, 0.2) is 16.7 Å². The lowest BCUT2D eigenvalue weighted by atomic mass is 10.0. The maximum atomic E-state index is 6.24. The first kappa shape index (κ1) is 14.0. The van der Waals surface area contributed by atoms with Crippen molar-refractivity contribution in [1.29, 1.82) is 0 Å². The number of anilines is 1. The lowest BCUT2D eigenvalue weighted by molar-refractivity contribution is 0.122. The van der Waals surface area contributed by atoms with Gasteiger partial charge in [-0.15, -0.1) is 0 Å². The molecule has 22 heavy (non-hydrogen) atoms. The number of oxazole rings is 1. The van der Waals surface area contributed by atoms with Crippen LogP contribution in [0.25, 0.3) is 0 Å². The first-order chi connectivity index (χ1) is 10.7. The number of nitrogens with zero attached hydrogens (tertiary/aromatic N) is 4. The Hall–Kier alpha value is -1.66. The molecular formula is C15H17ClN4O2. The maximum Gasteiger partial charge on any atom is 0.227 e. The second-order valence-corrected chi connectivity index (χ2v) is 6.22. The zero-order valence-corrected chi connectivity index (χ0v) is 13.1. The summed E-state index contributed by atoms with van der Waals surface area (Å²) < 4.78 is 11.1. The summed E-state index contributed by atoms with van der Waals surface area (Å²) >= 11 is 6.24. The molecule has 1 saturated heterocycles. The monoisotopic (exact) mass is 320 g/mol. The maximum absolute atomic E-state index is 6.24. The molecule has 2 fully saturated rings. The van der Waals surface area contributed by atoms with Crippen LogP contribution in [0, 0.1) is 6.92 Å². The van der Waals surface area contributed by atoms with Gasteiger partial charge in [0, 0.05) is 13.1 Å². The first-order valence-corrected chi connectivity index (χ1v) is 7.86. The van der Waals surface area contributed by atoms with Crippen LogP contribution in [0.3, 0.4) is 0 Å². The molecule has 0 bridgehead atoms. The van der Waals surface area contributed by atoms with Crippen molar-refractivity contribution in [3.63, 3.8) is 0 Å². The van der Waals surface area contributed by atoms with Gasteiger partial charge >= 0.3 is 0 Å². The zero-order valence-electron chi connectivity index (χ0n) is 12.4. The second kappa shape index (κ2) is 5.21. The minimum Gasteiger partial charge on any atom is -0.445 e. The Morgan fingerprint density at radius 1 is 1.23 bits per heavy atom. The number of rotatable bonds is 3. The third-order valence-corrected chi connectivity index (χ3v) is 4.44. The zero-order chi connectivity index (χ0) is 15.2. The van der Waals surface area contributed by atoms with Crippen molar-refractivity contribution < 1.29 is 9.15 Å². The summed E-state index contributed by atoms with van der Waals surface area (Å²) in [4.78, 5) is 15.6. The molecule has 2 aliphatic rings. The van der Waals surface area contributed by atoms with Gasteiger partial charge in [-0.2, -0.15) is 0 Å². The fourth-order valence-corrected chi connectivity index (χ4v) is 3.02. The van der Waals surface area contributed by atoms with Gasteiger partial charge in [0.2, 0.25) is 11.8 Å². The Labute approximate surface area is 133 Å². The number of hydrogen-bond donors (Lipinski definition) is 0. The summed E-state index contributed by atoms with van der Waals surface area (Å²) in [6, 6.07) is 1.83. The molecule has 0 aromatic carbocycles. The fourth-order valence-electron chi connectivity index (χ4n) is 2.84. The van der Waals surface area contributed by atoms with E-state index in [9.17, 15) is 0 Å². The highest BCUT2D eigenvalue weighted by Crippen LogP contribution is 2.52. The molecule has 6 nitrogen and oxygen atoms in total. The number of ether oxygens (including phenoxy) is 1. The summed E-state index contributed by atoms with van der Waals surface area (Å²) in [5.74, 6) is 2.21. The van der Waals surface area contributed by atoms with Crippen molar-refractivity contribution in [2.45, 2.75) is 25.2 Å². The van der Waals surface area contributed by atoms with Crippen molar-refractivity contribution in [3.8, 4) is 0 Å². The molecule has 0 spiro atoms. The van der Waals surface area contributed by atoms with Gasteiger partial charge in [0.15, 0.2) is 0 Å². The molecule has 2 aromatic heterocycles. The van der Waals surface area contributed by atoms with Crippen LogP contribution in [-0.2, 0) is 10.2 Å². The molecule has 2 aromatic rings. The molecule has 0 amide bonds. The number of halogens is 1. The Morgan fingerprint density at radius 2 is 2.00 bits per heavy atom. The van der Waals surface area contributed by atoms with Crippen molar-refractivity contribution in [2.75, 3.05) is 31.2 Å². The van der Waals surface area contributed by atoms with Gasteiger partial charge in [0.1, 0.15) is 10.9 Å². The van der Waals surface area contributed by atoms with E-state index in [4.69, 9.17) is 25.7 Å².